The van der Waals surface area contributed by atoms with E-state index in [9.17, 15) is 9.18 Å². The molecule has 166 valence electrons. The highest BCUT2D eigenvalue weighted by atomic mass is 19.1. The Bertz CT molecular complexity index is 949. The zero-order valence-electron chi connectivity index (χ0n) is 18.4. The van der Waals surface area contributed by atoms with Crippen LogP contribution in [0.2, 0.25) is 0 Å². The van der Waals surface area contributed by atoms with E-state index in [-0.39, 0.29) is 11.7 Å². The number of piperazine rings is 1. The topological polar surface area (TPSA) is 44.6 Å². The molecule has 1 amide bonds. The van der Waals surface area contributed by atoms with Crippen molar-refractivity contribution in [2.24, 2.45) is 7.05 Å². The van der Waals surface area contributed by atoms with E-state index < -0.39 is 0 Å². The lowest BCUT2D eigenvalue weighted by Gasteiger charge is -2.44. The number of piperidine rings is 1. The molecule has 2 aromatic rings. The molecule has 0 saturated carbocycles. The van der Waals surface area contributed by atoms with Crippen LogP contribution in [0, 0.1) is 5.82 Å². The van der Waals surface area contributed by atoms with E-state index in [1.165, 1.54) is 18.1 Å². The van der Waals surface area contributed by atoms with Crippen LogP contribution >= 0.6 is 0 Å². The first-order valence-corrected chi connectivity index (χ1v) is 11.7. The first kappa shape index (κ1) is 20.5. The van der Waals surface area contributed by atoms with Crippen LogP contribution in [0.3, 0.4) is 0 Å². The van der Waals surface area contributed by atoms with Crippen molar-refractivity contribution in [1.82, 2.24) is 19.6 Å². The van der Waals surface area contributed by atoms with Gasteiger partial charge in [0.15, 0.2) is 0 Å². The third-order valence-corrected chi connectivity index (χ3v) is 7.23. The zero-order chi connectivity index (χ0) is 21.4. The molecule has 0 spiro atoms. The van der Waals surface area contributed by atoms with E-state index in [1.807, 2.05) is 28.8 Å². The van der Waals surface area contributed by atoms with E-state index in [4.69, 9.17) is 0 Å². The first-order valence-electron chi connectivity index (χ1n) is 11.7. The summed E-state index contributed by atoms with van der Waals surface area (Å²) in [4.78, 5) is 20.1. The molecular formula is C24H32FN5O. The molecule has 0 unspecified atom stereocenters. The average Bonchev–Trinajstić information content (AvgIpc) is 3.15. The number of nitrogens with zero attached hydrogens (tertiary/aromatic N) is 5. The number of amides is 1. The Morgan fingerprint density at radius 1 is 1.03 bits per heavy atom. The molecule has 1 aromatic carbocycles. The van der Waals surface area contributed by atoms with E-state index in [0.29, 0.717) is 11.7 Å². The second-order valence-corrected chi connectivity index (χ2v) is 9.13. The van der Waals surface area contributed by atoms with Gasteiger partial charge in [0.2, 0.25) is 0 Å². The van der Waals surface area contributed by atoms with Gasteiger partial charge in [-0.1, -0.05) is 12.1 Å². The summed E-state index contributed by atoms with van der Waals surface area (Å²) in [5.41, 5.74) is 3.80. The third-order valence-electron chi connectivity index (χ3n) is 7.23. The predicted molar refractivity (Wildman–Crippen MR) is 119 cm³/mol. The van der Waals surface area contributed by atoms with Crippen LogP contribution in [0.15, 0.2) is 24.3 Å². The number of rotatable bonds is 3. The molecule has 3 aliphatic rings. The first-order chi connectivity index (χ1) is 15.1. The minimum atomic E-state index is -0.148. The number of benzene rings is 1. The highest BCUT2D eigenvalue weighted by Crippen LogP contribution is 2.27. The lowest BCUT2D eigenvalue weighted by Crippen LogP contribution is -2.56. The fourth-order valence-electron chi connectivity index (χ4n) is 5.57. The normalized spacial score (nSPS) is 22.5. The van der Waals surface area contributed by atoms with Gasteiger partial charge in [-0.2, -0.15) is 5.10 Å². The maximum atomic E-state index is 14.1. The maximum absolute atomic E-state index is 14.1. The zero-order valence-corrected chi connectivity index (χ0v) is 18.4. The summed E-state index contributed by atoms with van der Waals surface area (Å²) in [6.07, 6.45) is 6.43. The average molecular weight is 426 g/mol. The van der Waals surface area contributed by atoms with Gasteiger partial charge < -0.3 is 9.80 Å². The van der Waals surface area contributed by atoms with Gasteiger partial charge in [0.1, 0.15) is 11.5 Å². The molecule has 5 rings (SSSR count). The van der Waals surface area contributed by atoms with Crippen LogP contribution in [-0.4, -0.2) is 70.8 Å². The molecule has 0 N–H and O–H groups in total. The summed E-state index contributed by atoms with van der Waals surface area (Å²) in [7, 11) is 1.91. The summed E-state index contributed by atoms with van der Waals surface area (Å²) in [5.74, 6) is -0.00209. The van der Waals surface area contributed by atoms with Crippen LogP contribution in [0.1, 0.15) is 47.4 Å². The van der Waals surface area contributed by atoms with Crippen LogP contribution in [0.25, 0.3) is 0 Å². The molecule has 2 saturated heterocycles. The van der Waals surface area contributed by atoms with Crippen LogP contribution in [0.5, 0.6) is 0 Å². The summed E-state index contributed by atoms with van der Waals surface area (Å²) in [5, 5.41) is 4.64. The highest BCUT2D eigenvalue weighted by Gasteiger charge is 2.33. The van der Waals surface area contributed by atoms with Crippen molar-refractivity contribution in [3.63, 3.8) is 0 Å². The molecule has 7 heteroatoms. The minimum absolute atomic E-state index is 0.146. The largest absolute Gasteiger partial charge is 0.367 e. The third kappa shape index (κ3) is 3.95. The number of aryl methyl sites for hydroxylation is 2. The maximum Gasteiger partial charge on any atom is 0.272 e. The van der Waals surface area contributed by atoms with E-state index in [2.05, 4.69) is 14.9 Å². The van der Waals surface area contributed by atoms with Gasteiger partial charge in [0.05, 0.1) is 11.4 Å². The summed E-state index contributed by atoms with van der Waals surface area (Å²) < 4.78 is 16.0. The number of carbonyl (C=O) groups is 1. The fraction of sp³-hybridized carbons (Fsp3) is 0.583. The predicted octanol–water partition coefficient (Wildman–Crippen LogP) is 2.86. The number of aromatic nitrogens is 2. The number of likely N-dealkylation sites (tertiary alicyclic amines) is 1. The lowest BCUT2D eigenvalue weighted by atomic mass is 9.95. The van der Waals surface area contributed by atoms with Crippen molar-refractivity contribution in [2.75, 3.05) is 44.2 Å². The van der Waals surface area contributed by atoms with E-state index >= 15 is 0 Å². The Morgan fingerprint density at radius 2 is 1.81 bits per heavy atom. The Hall–Kier alpha value is -2.41. The van der Waals surface area contributed by atoms with Gasteiger partial charge in [-0.15, -0.1) is 0 Å². The number of carbonyl (C=O) groups excluding carboxylic acids is 1. The molecule has 0 bridgehead atoms. The molecular weight excluding hydrogens is 393 g/mol. The molecule has 2 fully saturated rings. The number of hydrogen-bond acceptors (Lipinski definition) is 4. The number of fused-ring (bicyclic) bond motifs is 1. The number of para-hydroxylation sites is 1. The van der Waals surface area contributed by atoms with E-state index in [1.54, 1.807) is 6.07 Å². The van der Waals surface area contributed by atoms with Crippen LogP contribution in [0.4, 0.5) is 10.1 Å². The van der Waals surface area contributed by atoms with Crippen LogP contribution in [-0.2, 0) is 19.9 Å². The van der Waals surface area contributed by atoms with Gasteiger partial charge in [-0.25, -0.2) is 4.39 Å². The monoisotopic (exact) mass is 425 g/mol. The number of anilines is 1. The molecule has 6 nitrogen and oxygen atoms in total. The fourth-order valence-corrected chi connectivity index (χ4v) is 5.57. The molecule has 2 aliphatic heterocycles. The molecule has 0 radical (unpaired) electrons. The summed E-state index contributed by atoms with van der Waals surface area (Å²) in [6, 6.07) is 7.41. The van der Waals surface area contributed by atoms with Gasteiger partial charge in [0.25, 0.3) is 5.91 Å². The summed E-state index contributed by atoms with van der Waals surface area (Å²) >= 11 is 0. The van der Waals surface area contributed by atoms with Gasteiger partial charge >= 0.3 is 0 Å². The molecule has 1 aliphatic carbocycles. The van der Waals surface area contributed by atoms with Gasteiger partial charge in [-0.3, -0.25) is 14.4 Å². The summed E-state index contributed by atoms with van der Waals surface area (Å²) in [6.45, 7) is 5.05. The Labute approximate surface area is 183 Å². The number of halogens is 1. The Kier molecular flexibility index (Phi) is 5.69. The molecule has 1 aromatic heterocycles. The highest BCUT2D eigenvalue weighted by molar-refractivity contribution is 5.94. The molecule has 3 heterocycles. The van der Waals surface area contributed by atoms with Gasteiger partial charge in [-0.05, 0) is 50.7 Å². The van der Waals surface area contributed by atoms with Crippen molar-refractivity contribution < 1.29 is 9.18 Å². The van der Waals surface area contributed by atoms with Crippen LogP contribution < -0.4 is 4.90 Å². The SMILES string of the molecule is Cn1nc2c(c1C(=O)N1CCC[C@H](N3CCN(c4ccccc4F)CC3)C1)CCCC2. The molecule has 31 heavy (non-hydrogen) atoms. The smallest absolute Gasteiger partial charge is 0.272 e. The minimum Gasteiger partial charge on any atom is -0.367 e. The van der Waals surface area contributed by atoms with Crippen molar-refractivity contribution in [3.8, 4) is 0 Å². The second-order valence-electron chi connectivity index (χ2n) is 9.13. The quantitative estimate of drug-likeness (QED) is 0.759. The number of hydrogen-bond donors (Lipinski definition) is 0. The van der Waals surface area contributed by atoms with Crippen molar-refractivity contribution in [2.45, 2.75) is 44.6 Å². The van der Waals surface area contributed by atoms with Crippen molar-refractivity contribution >= 4 is 11.6 Å². The van der Waals surface area contributed by atoms with Crippen molar-refractivity contribution in [1.29, 1.82) is 0 Å². The van der Waals surface area contributed by atoms with Crippen molar-refractivity contribution in [3.05, 3.63) is 47.0 Å². The van der Waals surface area contributed by atoms with E-state index in [0.717, 1.165) is 82.8 Å². The lowest BCUT2D eigenvalue weighted by molar-refractivity contribution is 0.0552. The Balaban J connectivity index is 1.24. The second kappa shape index (κ2) is 8.61. The standard InChI is InChI=1S/C24H32FN5O/c1-27-23(19-8-2-4-10-21(19)26-27)24(31)30-12-6-7-18(17-30)28-13-15-29(16-14-28)22-11-5-3-9-20(22)25/h3,5,9,11,18H,2,4,6-8,10,12-17H2,1H3/t18-/m0/s1. The molecule has 1 atom stereocenters. The van der Waals surface area contributed by atoms with Gasteiger partial charge in [0, 0.05) is 57.9 Å². The Morgan fingerprint density at radius 3 is 2.61 bits per heavy atom.